The summed E-state index contributed by atoms with van der Waals surface area (Å²) in [5.74, 6) is 0. The van der Waals surface area contributed by atoms with Gasteiger partial charge in [-0.25, -0.2) is 0 Å². The van der Waals surface area contributed by atoms with Gasteiger partial charge in [0.2, 0.25) is 0 Å². The molecule has 6 heteroatoms. The molecule has 33 heavy (non-hydrogen) atoms. The lowest BCUT2D eigenvalue weighted by molar-refractivity contribution is 0.549. The number of nitrogens with zero attached hydrogens (tertiary/aromatic N) is 4. The molecule has 0 amide bonds. The molecular weight excluding hydrogens is 426 g/mol. The van der Waals surface area contributed by atoms with Gasteiger partial charge in [-0.05, 0) is 85.4 Å². The molecule has 1 aliphatic heterocycles. The molecule has 166 valence electrons. The van der Waals surface area contributed by atoms with Crippen molar-refractivity contribution >= 4 is 28.7 Å². The van der Waals surface area contributed by atoms with Gasteiger partial charge in [-0.15, -0.1) is 0 Å². The summed E-state index contributed by atoms with van der Waals surface area (Å²) in [5.41, 5.74) is 6.69. The average Bonchev–Trinajstić information content (AvgIpc) is 3.44. The largest absolute Gasteiger partial charge is 0.378 e. The van der Waals surface area contributed by atoms with E-state index in [9.17, 15) is 0 Å². The number of nitrogens with one attached hydrogen (secondary N) is 1. The van der Waals surface area contributed by atoms with Crippen LogP contribution in [0.2, 0.25) is 0 Å². The monoisotopic (exact) mass is 453 g/mol. The lowest BCUT2D eigenvalue weighted by Gasteiger charge is -2.29. The molecule has 2 atom stereocenters. The van der Waals surface area contributed by atoms with Crippen molar-refractivity contribution in [3.63, 3.8) is 0 Å². The number of hydrogen-bond acceptors (Lipinski definition) is 3. The molecule has 5 nitrogen and oxygen atoms in total. The molecule has 0 radical (unpaired) electrons. The zero-order valence-corrected chi connectivity index (χ0v) is 19.8. The van der Waals surface area contributed by atoms with Gasteiger partial charge in [-0.3, -0.25) is 4.98 Å². The molecule has 0 unspecified atom stereocenters. The molecule has 0 saturated carbocycles. The van der Waals surface area contributed by atoms with E-state index in [-0.39, 0.29) is 12.1 Å². The van der Waals surface area contributed by atoms with Crippen molar-refractivity contribution in [3.8, 4) is 5.69 Å². The lowest BCUT2D eigenvalue weighted by atomic mass is 10.0. The molecule has 1 N–H and O–H groups in total. The van der Waals surface area contributed by atoms with Gasteiger partial charge in [0.05, 0.1) is 11.7 Å². The second-order valence-corrected chi connectivity index (χ2v) is 8.94. The topological polar surface area (TPSA) is 36.3 Å². The van der Waals surface area contributed by atoms with Gasteiger partial charge < -0.3 is 19.7 Å². The van der Waals surface area contributed by atoms with Crippen LogP contribution in [-0.2, 0) is 0 Å². The van der Waals surface area contributed by atoms with Crippen LogP contribution >= 0.6 is 12.2 Å². The van der Waals surface area contributed by atoms with Crippen LogP contribution in [0.1, 0.15) is 29.0 Å². The summed E-state index contributed by atoms with van der Waals surface area (Å²) in [6, 6.07) is 27.3. The van der Waals surface area contributed by atoms with E-state index in [2.05, 4.69) is 105 Å². The Morgan fingerprint density at radius 3 is 2.42 bits per heavy atom. The van der Waals surface area contributed by atoms with E-state index < -0.39 is 0 Å². The first kappa shape index (κ1) is 21.2. The number of thiocarbonyl (C=S) groups is 1. The van der Waals surface area contributed by atoms with Crippen molar-refractivity contribution in [2.24, 2.45) is 0 Å². The van der Waals surface area contributed by atoms with E-state index in [1.165, 1.54) is 5.56 Å². The van der Waals surface area contributed by atoms with Crippen molar-refractivity contribution in [2.45, 2.75) is 19.0 Å². The maximum Gasteiger partial charge on any atom is 0.174 e. The highest BCUT2D eigenvalue weighted by molar-refractivity contribution is 7.80. The van der Waals surface area contributed by atoms with Gasteiger partial charge in [-0.2, -0.15) is 0 Å². The van der Waals surface area contributed by atoms with E-state index >= 15 is 0 Å². The Hall–Kier alpha value is -3.64. The smallest absolute Gasteiger partial charge is 0.174 e. The van der Waals surface area contributed by atoms with Crippen LogP contribution in [0.4, 0.5) is 11.4 Å². The van der Waals surface area contributed by atoms with Gasteiger partial charge >= 0.3 is 0 Å². The molecule has 2 aromatic heterocycles. The highest BCUT2D eigenvalue weighted by atomic mass is 32.1. The molecule has 1 aliphatic rings. The number of aryl methyl sites for hydroxylation is 1. The minimum Gasteiger partial charge on any atom is -0.378 e. The molecule has 4 aromatic rings. The Morgan fingerprint density at radius 2 is 1.73 bits per heavy atom. The zero-order valence-electron chi connectivity index (χ0n) is 19.0. The summed E-state index contributed by atoms with van der Waals surface area (Å²) >= 11 is 5.88. The predicted molar refractivity (Wildman–Crippen MR) is 139 cm³/mol. The highest BCUT2D eigenvalue weighted by Crippen LogP contribution is 2.42. The quantitative estimate of drug-likeness (QED) is 0.408. The molecule has 0 spiro atoms. The van der Waals surface area contributed by atoms with Crippen molar-refractivity contribution in [2.75, 3.05) is 23.9 Å². The molecule has 0 aliphatic carbocycles. The maximum absolute atomic E-state index is 5.88. The molecule has 0 bridgehead atoms. The van der Waals surface area contributed by atoms with E-state index in [0.717, 1.165) is 28.5 Å². The number of rotatable bonds is 5. The Balaban J connectivity index is 1.64. The van der Waals surface area contributed by atoms with Crippen LogP contribution in [0, 0.1) is 6.92 Å². The highest BCUT2D eigenvalue weighted by Gasteiger charge is 2.42. The Morgan fingerprint density at radius 1 is 0.909 bits per heavy atom. The minimum atomic E-state index is -0.0781. The predicted octanol–water partition coefficient (Wildman–Crippen LogP) is 5.42. The lowest BCUT2D eigenvalue weighted by Crippen LogP contribution is -2.30. The first-order valence-electron chi connectivity index (χ1n) is 11.1. The average molecular weight is 454 g/mol. The van der Waals surface area contributed by atoms with Crippen LogP contribution in [0.25, 0.3) is 5.69 Å². The molecule has 5 rings (SSSR count). The number of benzene rings is 2. The first-order valence-corrected chi connectivity index (χ1v) is 11.5. The van der Waals surface area contributed by atoms with Gasteiger partial charge in [0.25, 0.3) is 0 Å². The third kappa shape index (κ3) is 3.98. The van der Waals surface area contributed by atoms with E-state index in [1.54, 1.807) is 0 Å². The molecule has 2 aromatic carbocycles. The first-order chi connectivity index (χ1) is 16.0. The van der Waals surface area contributed by atoms with E-state index in [0.29, 0.717) is 5.11 Å². The fraction of sp³-hybridized carbons (Fsp3) is 0.185. The molecular formula is C27H27N5S. The second-order valence-electron chi connectivity index (χ2n) is 8.55. The second kappa shape index (κ2) is 8.71. The third-order valence-corrected chi connectivity index (χ3v) is 6.42. The number of hydrogen-bond donors (Lipinski definition) is 1. The van der Waals surface area contributed by atoms with Crippen LogP contribution in [0.3, 0.4) is 0 Å². The Kier molecular flexibility index (Phi) is 5.60. The fourth-order valence-corrected chi connectivity index (χ4v) is 4.84. The molecule has 1 fully saturated rings. The summed E-state index contributed by atoms with van der Waals surface area (Å²) in [5, 5.41) is 4.25. The van der Waals surface area contributed by atoms with Crippen LogP contribution in [0.15, 0.2) is 91.3 Å². The van der Waals surface area contributed by atoms with Gasteiger partial charge in [-0.1, -0.05) is 18.2 Å². The summed E-state index contributed by atoms with van der Waals surface area (Å²) in [4.78, 5) is 8.99. The van der Waals surface area contributed by atoms with Gasteiger partial charge in [0, 0.05) is 49.2 Å². The standard InChI is InChI=1S/C27H27N5S/c1-19-8-6-9-22(18-19)31-17-7-11-24(31)26-25(23-10-4-5-16-28-23)29-27(33)32(26)21-14-12-20(13-15-21)30(2)3/h4-18,25-26H,1-3H3,(H,29,33)/t25-,26-/m0/s1. The number of anilines is 2. The summed E-state index contributed by atoms with van der Waals surface area (Å²) in [6.45, 7) is 2.12. The normalized spacial score (nSPS) is 17.8. The van der Waals surface area contributed by atoms with Crippen LogP contribution in [-0.4, -0.2) is 28.8 Å². The van der Waals surface area contributed by atoms with Crippen molar-refractivity contribution in [3.05, 3.63) is 108 Å². The third-order valence-electron chi connectivity index (χ3n) is 6.11. The number of aromatic nitrogens is 2. The van der Waals surface area contributed by atoms with Gasteiger partial charge in [0.1, 0.15) is 6.04 Å². The number of pyridine rings is 1. The van der Waals surface area contributed by atoms with Crippen molar-refractivity contribution in [1.82, 2.24) is 14.9 Å². The summed E-state index contributed by atoms with van der Waals surface area (Å²) in [6.07, 6.45) is 3.96. The zero-order chi connectivity index (χ0) is 22.9. The Labute approximate surface area is 200 Å². The minimum absolute atomic E-state index is 0.0619. The molecule has 1 saturated heterocycles. The maximum atomic E-state index is 5.88. The van der Waals surface area contributed by atoms with Crippen LogP contribution in [0.5, 0.6) is 0 Å². The van der Waals surface area contributed by atoms with Gasteiger partial charge in [0.15, 0.2) is 5.11 Å². The Bertz CT molecular complexity index is 1260. The SMILES string of the molecule is Cc1cccc(-n2cccc2[C@H]2[C@H](c3ccccn3)NC(=S)N2c2ccc(N(C)C)cc2)c1. The summed E-state index contributed by atoms with van der Waals surface area (Å²) < 4.78 is 2.25. The van der Waals surface area contributed by atoms with Crippen molar-refractivity contribution < 1.29 is 0 Å². The molecule has 3 heterocycles. The fourth-order valence-electron chi connectivity index (χ4n) is 4.49. The van der Waals surface area contributed by atoms with E-state index in [1.807, 2.05) is 32.4 Å². The summed E-state index contributed by atoms with van der Waals surface area (Å²) in [7, 11) is 4.09. The van der Waals surface area contributed by atoms with Crippen LogP contribution < -0.4 is 15.1 Å². The van der Waals surface area contributed by atoms with Crippen molar-refractivity contribution in [1.29, 1.82) is 0 Å². The van der Waals surface area contributed by atoms with E-state index in [4.69, 9.17) is 12.2 Å².